The first-order valence-electron chi connectivity index (χ1n) is 8.17. The number of rotatable bonds is 4. The summed E-state index contributed by atoms with van der Waals surface area (Å²) in [7, 11) is 0. The normalized spacial score (nSPS) is 22.2. The van der Waals surface area contributed by atoms with Crippen LogP contribution in [-0.4, -0.2) is 46.0 Å². The van der Waals surface area contributed by atoms with Gasteiger partial charge >= 0.3 is 6.03 Å². The molecule has 2 heterocycles. The molecule has 2 amide bonds. The molecule has 22 heavy (non-hydrogen) atoms. The Bertz CT molecular complexity index is 512. The lowest BCUT2D eigenvalue weighted by Gasteiger charge is -2.37. The Morgan fingerprint density at radius 1 is 1.50 bits per heavy atom. The number of ether oxygens (including phenoxy) is 1. The van der Waals surface area contributed by atoms with Gasteiger partial charge in [0.05, 0.1) is 36.3 Å². The molecule has 1 N–H and O–H groups in total. The van der Waals surface area contributed by atoms with Crippen LogP contribution in [0.1, 0.15) is 40.3 Å². The summed E-state index contributed by atoms with van der Waals surface area (Å²) in [6, 6.07) is 0.00554. The van der Waals surface area contributed by atoms with E-state index in [1.54, 1.807) is 6.20 Å². The Morgan fingerprint density at radius 3 is 2.86 bits per heavy atom. The highest BCUT2D eigenvalue weighted by molar-refractivity contribution is 5.90. The number of aromatic nitrogens is 2. The SMILES string of the molecule is CCc1c(NC(=O)N2CCO[C@@H](C)[C@H]2C)cnn1CC(C)C. The third-order valence-electron chi connectivity index (χ3n) is 4.21. The van der Waals surface area contributed by atoms with E-state index >= 15 is 0 Å². The van der Waals surface area contributed by atoms with Gasteiger partial charge in [-0.1, -0.05) is 20.8 Å². The second-order valence-corrected chi connectivity index (χ2v) is 6.37. The van der Waals surface area contributed by atoms with Crippen molar-refractivity contribution in [3.05, 3.63) is 11.9 Å². The number of anilines is 1. The Kier molecular flexibility index (Phi) is 5.45. The lowest BCUT2D eigenvalue weighted by molar-refractivity contribution is -0.0355. The van der Waals surface area contributed by atoms with E-state index in [1.165, 1.54) is 0 Å². The second kappa shape index (κ2) is 7.13. The van der Waals surface area contributed by atoms with Crippen LogP contribution in [0.15, 0.2) is 6.20 Å². The van der Waals surface area contributed by atoms with Gasteiger partial charge in [-0.25, -0.2) is 4.79 Å². The number of urea groups is 1. The topological polar surface area (TPSA) is 59.4 Å². The first-order valence-corrected chi connectivity index (χ1v) is 8.17. The van der Waals surface area contributed by atoms with E-state index in [0.29, 0.717) is 19.1 Å². The van der Waals surface area contributed by atoms with Crippen LogP contribution < -0.4 is 5.32 Å². The molecule has 0 saturated carbocycles. The van der Waals surface area contributed by atoms with Gasteiger partial charge in [-0.3, -0.25) is 4.68 Å². The number of morpholine rings is 1. The number of hydrogen-bond donors (Lipinski definition) is 1. The minimum absolute atomic E-state index is 0.0637. The number of carbonyl (C=O) groups excluding carboxylic acids is 1. The van der Waals surface area contributed by atoms with E-state index in [2.05, 4.69) is 31.2 Å². The van der Waals surface area contributed by atoms with Gasteiger partial charge in [0.2, 0.25) is 0 Å². The average molecular weight is 308 g/mol. The molecule has 1 aliphatic rings. The zero-order chi connectivity index (χ0) is 16.3. The summed E-state index contributed by atoms with van der Waals surface area (Å²) >= 11 is 0. The summed E-state index contributed by atoms with van der Waals surface area (Å²) in [5.41, 5.74) is 1.90. The zero-order valence-corrected chi connectivity index (χ0v) is 14.3. The van der Waals surface area contributed by atoms with Crippen molar-refractivity contribution in [1.29, 1.82) is 0 Å². The van der Waals surface area contributed by atoms with Gasteiger partial charge in [-0.15, -0.1) is 0 Å². The molecule has 1 aromatic heterocycles. The number of amides is 2. The Balaban J connectivity index is 2.09. The number of nitrogens with one attached hydrogen (secondary N) is 1. The molecule has 1 fully saturated rings. The van der Waals surface area contributed by atoms with Crippen molar-refractivity contribution in [2.75, 3.05) is 18.5 Å². The Morgan fingerprint density at radius 2 is 2.23 bits per heavy atom. The highest BCUT2D eigenvalue weighted by Gasteiger charge is 2.29. The molecule has 0 aromatic carbocycles. The first-order chi connectivity index (χ1) is 10.4. The number of hydrogen-bond acceptors (Lipinski definition) is 3. The van der Waals surface area contributed by atoms with Crippen LogP contribution in [-0.2, 0) is 17.7 Å². The van der Waals surface area contributed by atoms with Crippen molar-refractivity contribution in [3.8, 4) is 0 Å². The van der Waals surface area contributed by atoms with Gasteiger partial charge < -0.3 is 15.0 Å². The summed E-state index contributed by atoms with van der Waals surface area (Å²) < 4.78 is 7.57. The third-order valence-corrected chi connectivity index (χ3v) is 4.21. The quantitative estimate of drug-likeness (QED) is 0.930. The summed E-state index contributed by atoms with van der Waals surface area (Å²) in [5, 5.41) is 7.44. The summed E-state index contributed by atoms with van der Waals surface area (Å²) in [4.78, 5) is 14.4. The summed E-state index contributed by atoms with van der Waals surface area (Å²) in [5.74, 6) is 0.522. The first kappa shape index (κ1) is 16.8. The fourth-order valence-corrected chi connectivity index (χ4v) is 2.80. The van der Waals surface area contributed by atoms with Crippen LogP contribution in [0, 0.1) is 5.92 Å². The molecular weight excluding hydrogens is 280 g/mol. The summed E-state index contributed by atoms with van der Waals surface area (Å²) in [6.45, 7) is 12.5. The molecule has 2 atom stereocenters. The maximum atomic E-state index is 12.5. The fraction of sp³-hybridized carbons (Fsp3) is 0.750. The van der Waals surface area contributed by atoms with E-state index in [1.807, 2.05) is 23.4 Å². The Labute approximate surface area is 132 Å². The van der Waals surface area contributed by atoms with E-state index in [-0.39, 0.29) is 18.2 Å². The summed E-state index contributed by atoms with van der Waals surface area (Å²) in [6.07, 6.45) is 2.67. The molecule has 6 nitrogen and oxygen atoms in total. The van der Waals surface area contributed by atoms with E-state index < -0.39 is 0 Å². The van der Waals surface area contributed by atoms with Crippen LogP contribution in [0.2, 0.25) is 0 Å². The lowest BCUT2D eigenvalue weighted by Crippen LogP contribution is -2.52. The van der Waals surface area contributed by atoms with Gasteiger partial charge in [0.1, 0.15) is 0 Å². The largest absolute Gasteiger partial charge is 0.375 e. The van der Waals surface area contributed by atoms with Crippen LogP contribution in [0.4, 0.5) is 10.5 Å². The standard InChI is InChI=1S/C16H28N4O2/c1-6-15-14(9-17-20(15)10-11(2)3)18-16(21)19-7-8-22-13(5)12(19)4/h9,11-13H,6-8,10H2,1-5H3,(H,18,21)/t12-,13+/m1/s1. The smallest absolute Gasteiger partial charge is 0.322 e. The maximum Gasteiger partial charge on any atom is 0.322 e. The maximum absolute atomic E-state index is 12.5. The predicted octanol–water partition coefficient (Wildman–Crippen LogP) is 2.74. The minimum atomic E-state index is -0.0681. The van der Waals surface area contributed by atoms with Gasteiger partial charge in [-0.05, 0) is 26.2 Å². The van der Waals surface area contributed by atoms with Gasteiger partial charge in [-0.2, -0.15) is 5.10 Å². The molecule has 1 saturated heterocycles. The molecule has 2 rings (SSSR count). The molecule has 0 unspecified atom stereocenters. The van der Waals surface area contributed by atoms with Crippen molar-refractivity contribution in [1.82, 2.24) is 14.7 Å². The predicted molar refractivity (Wildman–Crippen MR) is 87.0 cm³/mol. The van der Waals surface area contributed by atoms with E-state index in [9.17, 15) is 4.79 Å². The molecule has 6 heteroatoms. The van der Waals surface area contributed by atoms with E-state index in [4.69, 9.17) is 4.74 Å². The zero-order valence-electron chi connectivity index (χ0n) is 14.3. The van der Waals surface area contributed by atoms with Crippen LogP contribution in [0.5, 0.6) is 0 Å². The van der Waals surface area contributed by atoms with Crippen molar-refractivity contribution in [2.45, 2.75) is 59.7 Å². The average Bonchev–Trinajstić information content (AvgIpc) is 2.82. The van der Waals surface area contributed by atoms with Gasteiger partial charge in [0, 0.05) is 13.1 Å². The molecule has 124 valence electrons. The molecule has 0 aliphatic carbocycles. The third kappa shape index (κ3) is 3.61. The van der Waals surface area contributed by atoms with Crippen molar-refractivity contribution in [2.24, 2.45) is 5.92 Å². The molecule has 0 spiro atoms. The fourth-order valence-electron chi connectivity index (χ4n) is 2.80. The Hall–Kier alpha value is -1.56. The van der Waals surface area contributed by atoms with Crippen LogP contribution >= 0.6 is 0 Å². The van der Waals surface area contributed by atoms with Gasteiger partial charge in [0.25, 0.3) is 0 Å². The van der Waals surface area contributed by atoms with Crippen molar-refractivity contribution < 1.29 is 9.53 Å². The number of nitrogens with zero attached hydrogens (tertiary/aromatic N) is 3. The van der Waals surface area contributed by atoms with Crippen molar-refractivity contribution in [3.63, 3.8) is 0 Å². The molecule has 0 radical (unpaired) electrons. The van der Waals surface area contributed by atoms with Crippen LogP contribution in [0.3, 0.4) is 0 Å². The lowest BCUT2D eigenvalue weighted by atomic mass is 10.1. The molecular formula is C16H28N4O2. The minimum Gasteiger partial charge on any atom is -0.375 e. The molecule has 1 aliphatic heterocycles. The highest BCUT2D eigenvalue weighted by atomic mass is 16.5. The van der Waals surface area contributed by atoms with Crippen LogP contribution in [0.25, 0.3) is 0 Å². The molecule has 0 bridgehead atoms. The van der Waals surface area contributed by atoms with E-state index in [0.717, 1.165) is 24.3 Å². The van der Waals surface area contributed by atoms with Crippen molar-refractivity contribution >= 4 is 11.7 Å². The monoisotopic (exact) mass is 308 g/mol. The second-order valence-electron chi connectivity index (χ2n) is 6.37. The van der Waals surface area contributed by atoms with Gasteiger partial charge in [0.15, 0.2) is 0 Å². The number of carbonyl (C=O) groups is 1. The molecule has 1 aromatic rings. The highest BCUT2D eigenvalue weighted by Crippen LogP contribution is 2.20.